The Balaban J connectivity index is 1.72. The molecule has 1 aliphatic heterocycles. The normalized spacial score (nSPS) is 30.0. The molecule has 2 fully saturated rings. The van der Waals surface area contributed by atoms with Crippen molar-refractivity contribution in [2.45, 2.75) is 64.3 Å². The Morgan fingerprint density at radius 1 is 1.14 bits per heavy atom. The monoisotopic (exact) mass is 296 g/mol. The summed E-state index contributed by atoms with van der Waals surface area (Å²) in [4.78, 5) is 24.9. The van der Waals surface area contributed by atoms with E-state index in [0.717, 1.165) is 31.1 Å². The average Bonchev–Trinajstić information content (AvgIpc) is 2.49. The minimum atomic E-state index is -0.883. The van der Waals surface area contributed by atoms with Gasteiger partial charge in [0.15, 0.2) is 0 Å². The van der Waals surface area contributed by atoms with Gasteiger partial charge in [-0.2, -0.15) is 0 Å². The second kappa shape index (κ2) is 7.66. The lowest BCUT2D eigenvalue weighted by Gasteiger charge is -2.33. The van der Waals surface area contributed by atoms with E-state index in [-0.39, 0.29) is 6.03 Å². The Hall–Kier alpha value is -1.26. The number of nitrogens with one attached hydrogen (secondary N) is 1. The maximum Gasteiger partial charge on any atom is 0.326 e. The zero-order valence-electron chi connectivity index (χ0n) is 13.0. The van der Waals surface area contributed by atoms with Crippen molar-refractivity contribution >= 4 is 12.0 Å². The number of aliphatic carboxylic acids is 1. The molecule has 1 saturated carbocycles. The second-order valence-electron chi connectivity index (χ2n) is 6.69. The Bertz CT molecular complexity index is 365. The number of carboxylic acid groups (broad SMARTS) is 1. The molecule has 1 saturated heterocycles. The molecule has 21 heavy (non-hydrogen) atoms. The van der Waals surface area contributed by atoms with Gasteiger partial charge in [0.2, 0.25) is 0 Å². The molecule has 5 heteroatoms. The van der Waals surface area contributed by atoms with Gasteiger partial charge >= 0.3 is 12.0 Å². The molecule has 0 aromatic heterocycles. The number of likely N-dealkylation sites (tertiary alicyclic amines) is 1. The van der Waals surface area contributed by atoms with Crippen LogP contribution in [0.15, 0.2) is 0 Å². The van der Waals surface area contributed by atoms with E-state index in [2.05, 4.69) is 12.2 Å². The molecule has 0 aromatic rings. The number of piperidine rings is 1. The van der Waals surface area contributed by atoms with Crippen molar-refractivity contribution in [2.24, 2.45) is 11.8 Å². The number of carboxylic acids is 1. The summed E-state index contributed by atoms with van der Waals surface area (Å²) in [7, 11) is 0. The van der Waals surface area contributed by atoms with E-state index in [4.69, 9.17) is 0 Å². The van der Waals surface area contributed by atoms with Gasteiger partial charge in [0, 0.05) is 13.1 Å². The van der Waals surface area contributed by atoms with Crippen LogP contribution in [0.2, 0.25) is 0 Å². The summed E-state index contributed by atoms with van der Waals surface area (Å²) in [6.45, 7) is 3.53. The van der Waals surface area contributed by atoms with Gasteiger partial charge in [-0.25, -0.2) is 9.59 Å². The highest BCUT2D eigenvalue weighted by molar-refractivity contribution is 5.82. The number of urea groups is 1. The molecule has 5 nitrogen and oxygen atoms in total. The first-order valence-corrected chi connectivity index (χ1v) is 8.35. The zero-order valence-corrected chi connectivity index (χ0v) is 13.0. The minimum absolute atomic E-state index is 0.203. The number of carbonyl (C=O) groups excluding carboxylic acids is 1. The van der Waals surface area contributed by atoms with Crippen molar-refractivity contribution in [3.63, 3.8) is 0 Å². The summed E-state index contributed by atoms with van der Waals surface area (Å²) in [6, 6.07) is -0.847. The molecule has 2 N–H and O–H groups in total. The predicted molar refractivity (Wildman–Crippen MR) is 81.1 cm³/mol. The molecule has 1 aliphatic carbocycles. The quantitative estimate of drug-likeness (QED) is 0.838. The van der Waals surface area contributed by atoms with E-state index in [9.17, 15) is 14.7 Å². The minimum Gasteiger partial charge on any atom is -0.480 e. The summed E-state index contributed by atoms with van der Waals surface area (Å²) >= 11 is 0. The number of nitrogens with zero attached hydrogens (tertiary/aromatic N) is 1. The topological polar surface area (TPSA) is 69.6 Å². The number of hydrogen-bond acceptors (Lipinski definition) is 2. The molecule has 2 amide bonds. The van der Waals surface area contributed by atoms with Crippen LogP contribution in [0.25, 0.3) is 0 Å². The van der Waals surface area contributed by atoms with Gasteiger partial charge in [0.05, 0.1) is 0 Å². The summed E-state index contributed by atoms with van der Waals surface area (Å²) in [6.07, 6.45) is 8.50. The van der Waals surface area contributed by atoms with E-state index in [1.165, 1.54) is 30.6 Å². The van der Waals surface area contributed by atoms with Crippen LogP contribution in [0.5, 0.6) is 0 Å². The van der Waals surface area contributed by atoms with Crippen molar-refractivity contribution in [1.82, 2.24) is 10.2 Å². The van der Waals surface area contributed by atoms with Crippen LogP contribution in [0.4, 0.5) is 4.79 Å². The van der Waals surface area contributed by atoms with Crippen molar-refractivity contribution in [1.29, 1.82) is 0 Å². The van der Waals surface area contributed by atoms with Crippen LogP contribution in [-0.4, -0.2) is 41.1 Å². The third-order valence-electron chi connectivity index (χ3n) is 5.01. The lowest BCUT2D eigenvalue weighted by atomic mass is 9.81. The Labute approximate surface area is 127 Å². The maximum absolute atomic E-state index is 12.2. The second-order valence-corrected chi connectivity index (χ2v) is 6.69. The van der Waals surface area contributed by atoms with E-state index in [0.29, 0.717) is 19.5 Å². The predicted octanol–water partition coefficient (Wildman–Crippen LogP) is 2.85. The van der Waals surface area contributed by atoms with Crippen LogP contribution >= 0.6 is 0 Å². The first-order valence-electron chi connectivity index (χ1n) is 8.35. The Kier molecular flexibility index (Phi) is 5.88. The summed E-state index contributed by atoms with van der Waals surface area (Å²) in [5.41, 5.74) is 0. The number of hydrogen-bond donors (Lipinski definition) is 2. The molecule has 1 atom stereocenters. The van der Waals surface area contributed by atoms with Crippen molar-refractivity contribution in [3.05, 3.63) is 0 Å². The summed E-state index contributed by atoms with van der Waals surface area (Å²) in [5.74, 6) is 0.685. The fourth-order valence-electron chi connectivity index (χ4n) is 3.53. The maximum atomic E-state index is 12.2. The number of rotatable bonds is 4. The van der Waals surface area contributed by atoms with Gasteiger partial charge in [0.25, 0.3) is 0 Å². The molecule has 2 aliphatic rings. The van der Waals surface area contributed by atoms with Crippen LogP contribution in [0, 0.1) is 11.8 Å². The third kappa shape index (κ3) is 4.61. The SMILES string of the molecule is CC1CCC(CCNC(=O)N2CCCCC2C(=O)O)CC1. The first-order chi connectivity index (χ1) is 10.1. The van der Waals surface area contributed by atoms with Crippen LogP contribution in [0.1, 0.15) is 58.3 Å². The van der Waals surface area contributed by atoms with Crippen molar-refractivity contribution in [2.75, 3.05) is 13.1 Å². The lowest BCUT2D eigenvalue weighted by Crippen LogP contribution is -2.52. The molecule has 0 spiro atoms. The van der Waals surface area contributed by atoms with Crippen molar-refractivity contribution in [3.8, 4) is 0 Å². The smallest absolute Gasteiger partial charge is 0.326 e. The molecule has 1 unspecified atom stereocenters. The van der Waals surface area contributed by atoms with Gasteiger partial charge in [-0.3, -0.25) is 0 Å². The highest BCUT2D eigenvalue weighted by Crippen LogP contribution is 2.30. The highest BCUT2D eigenvalue weighted by Gasteiger charge is 2.31. The molecular formula is C16H28N2O3. The Morgan fingerprint density at radius 2 is 1.86 bits per heavy atom. The highest BCUT2D eigenvalue weighted by atomic mass is 16.4. The molecule has 1 heterocycles. The van der Waals surface area contributed by atoms with Crippen LogP contribution < -0.4 is 5.32 Å². The largest absolute Gasteiger partial charge is 0.480 e. The molecular weight excluding hydrogens is 268 g/mol. The number of carbonyl (C=O) groups is 2. The van der Waals surface area contributed by atoms with E-state index >= 15 is 0 Å². The van der Waals surface area contributed by atoms with Crippen LogP contribution in [-0.2, 0) is 4.79 Å². The Morgan fingerprint density at radius 3 is 2.52 bits per heavy atom. The van der Waals surface area contributed by atoms with E-state index in [1.54, 1.807) is 0 Å². The zero-order chi connectivity index (χ0) is 15.2. The lowest BCUT2D eigenvalue weighted by molar-refractivity contribution is -0.143. The standard InChI is InChI=1S/C16H28N2O3/c1-12-5-7-13(8-6-12)9-10-17-16(21)18-11-3-2-4-14(18)15(19)20/h12-14H,2-11H2,1H3,(H,17,21)(H,19,20). The van der Waals surface area contributed by atoms with E-state index in [1.807, 2.05) is 0 Å². The molecule has 120 valence electrons. The van der Waals surface area contributed by atoms with Crippen molar-refractivity contribution < 1.29 is 14.7 Å². The summed E-state index contributed by atoms with van der Waals surface area (Å²) < 4.78 is 0. The van der Waals surface area contributed by atoms with Gasteiger partial charge in [-0.05, 0) is 37.5 Å². The molecule has 0 bridgehead atoms. The molecule has 2 rings (SSSR count). The van der Waals surface area contributed by atoms with E-state index < -0.39 is 12.0 Å². The van der Waals surface area contributed by atoms with Crippen LogP contribution in [0.3, 0.4) is 0 Å². The van der Waals surface area contributed by atoms with Gasteiger partial charge in [0.1, 0.15) is 6.04 Å². The molecule has 0 radical (unpaired) electrons. The van der Waals surface area contributed by atoms with Gasteiger partial charge in [-0.15, -0.1) is 0 Å². The third-order valence-corrected chi connectivity index (χ3v) is 5.01. The summed E-state index contributed by atoms with van der Waals surface area (Å²) in [5, 5.41) is 12.1. The number of amides is 2. The van der Waals surface area contributed by atoms with Gasteiger partial charge in [-0.1, -0.05) is 32.6 Å². The first kappa shape index (κ1) is 16.1. The average molecular weight is 296 g/mol. The fourth-order valence-corrected chi connectivity index (χ4v) is 3.53. The molecule has 0 aromatic carbocycles. The van der Waals surface area contributed by atoms with Gasteiger partial charge < -0.3 is 15.3 Å². The fraction of sp³-hybridized carbons (Fsp3) is 0.875.